The van der Waals surface area contributed by atoms with E-state index in [0.717, 1.165) is 4.47 Å². The molecule has 0 heterocycles. The summed E-state index contributed by atoms with van der Waals surface area (Å²) in [5.74, 6) is 0.566. The summed E-state index contributed by atoms with van der Waals surface area (Å²) in [7, 11) is -3.62. The normalized spacial score (nSPS) is 11.1. The van der Waals surface area contributed by atoms with Crippen molar-refractivity contribution < 1.29 is 13.2 Å². The lowest BCUT2D eigenvalue weighted by Crippen LogP contribution is -2.13. The first-order valence-corrected chi connectivity index (χ1v) is 8.50. The van der Waals surface area contributed by atoms with Crippen molar-refractivity contribution in [1.29, 1.82) is 0 Å². The van der Waals surface area contributed by atoms with Gasteiger partial charge in [0.2, 0.25) is 0 Å². The number of anilines is 1. The maximum atomic E-state index is 12.3. The van der Waals surface area contributed by atoms with Gasteiger partial charge >= 0.3 is 0 Å². The van der Waals surface area contributed by atoms with Gasteiger partial charge < -0.3 is 10.5 Å². The topological polar surface area (TPSA) is 81.4 Å². The first-order valence-electron chi connectivity index (χ1n) is 6.22. The van der Waals surface area contributed by atoms with Gasteiger partial charge in [0.1, 0.15) is 12.4 Å². The van der Waals surface area contributed by atoms with E-state index in [2.05, 4.69) is 20.7 Å². The van der Waals surface area contributed by atoms with Gasteiger partial charge in [0.05, 0.1) is 10.6 Å². The van der Waals surface area contributed by atoms with Crippen LogP contribution in [-0.2, 0) is 10.0 Å². The molecule has 0 saturated carbocycles. The van der Waals surface area contributed by atoms with Gasteiger partial charge in [0, 0.05) is 17.1 Å². The van der Waals surface area contributed by atoms with Crippen molar-refractivity contribution in [2.75, 3.05) is 17.9 Å². The van der Waals surface area contributed by atoms with Crippen LogP contribution in [0.1, 0.15) is 0 Å². The summed E-state index contributed by atoms with van der Waals surface area (Å²) in [6, 6.07) is 13.1. The summed E-state index contributed by atoms with van der Waals surface area (Å²) in [4.78, 5) is 0.193. The van der Waals surface area contributed by atoms with Gasteiger partial charge in [0.25, 0.3) is 10.0 Å². The molecule has 0 aliphatic carbocycles. The summed E-state index contributed by atoms with van der Waals surface area (Å²) in [6.45, 7) is 0.776. The van der Waals surface area contributed by atoms with E-state index in [1.165, 1.54) is 12.1 Å². The molecule has 2 aromatic rings. The van der Waals surface area contributed by atoms with Crippen LogP contribution < -0.4 is 15.2 Å². The smallest absolute Gasteiger partial charge is 0.261 e. The Morgan fingerprint density at radius 3 is 2.52 bits per heavy atom. The standard InChI is InChI=1S/C14H15BrN2O3S/c15-11-4-6-14(7-5-11)21(18,19)17-12-2-1-3-13(10-12)20-9-8-16/h1-7,10,17H,8-9,16H2. The molecule has 0 radical (unpaired) electrons. The third-order valence-corrected chi connectivity index (χ3v) is 4.52. The van der Waals surface area contributed by atoms with Gasteiger partial charge in [-0.2, -0.15) is 0 Å². The Morgan fingerprint density at radius 2 is 1.86 bits per heavy atom. The largest absolute Gasteiger partial charge is 0.492 e. The lowest BCUT2D eigenvalue weighted by molar-refractivity contribution is 0.328. The summed E-state index contributed by atoms with van der Waals surface area (Å²) in [5, 5.41) is 0. The van der Waals surface area contributed by atoms with E-state index in [-0.39, 0.29) is 4.90 Å². The number of halogens is 1. The fourth-order valence-corrected chi connectivity index (χ4v) is 2.97. The van der Waals surface area contributed by atoms with Crippen LogP contribution in [0.2, 0.25) is 0 Å². The van der Waals surface area contributed by atoms with E-state index in [4.69, 9.17) is 10.5 Å². The summed E-state index contributed by atoms with van der Waals surface area (Å²) in [6.07, 6.45) is 0. The predicted molar refractivity (Wildman–Crippen MR) is 85.9 cm³/mol. The van der Waals surface area contributed by atoms with Gasteiger partial charge in [-0.1, -0.05) is 22.0 Å². The molecule has 0 aliphatic rings. The molecule has 7 heteroatoms. The number of rotatable bonds is 6. The Kier molecular flexibility index (Phi) is 5.22. The second-order valence-corrected chi connectivity index (χ2v) is 6.82. The van der Waals surface area contributed by atoms with E-state index in [0.29, 0.717) is 24.6 Å². The van der Waals surface area contributed by atoms with Crippen LogP contribution in [0.5, 0.6) is 5.75 Å². The van der Waals surface area contributed by atoms with Crippen molar-refractivity contribution in [3.8, 4) is 5.75 Å². The van der Waals surface area contributed by atoms with Crippen LogP contribution in [0.15, 0.2) is 57.9 Å². The van der Waals surface area contributed by atoms with Gasteiger partial charge in [-0.3, -0.25) is 4.72 Å². The first-order chi connectivity index (χ1) is 10.0. The summed E-state index contributed by atoms with van der Waals surface area (Å²) >= 11 is 3.27. The van der Waals surface area contributed by atoms with Crippen molar-refractivity contribution in [2.45, 2.75) is 4.90 Å². The highest BCUT2D eigenvalue weighted by molar-refractivity contribution is 9.10. The Balaban J connectivity index is 2.18. The molecule has 2 aromatic carbocycles. The van der Waals surface area contributed by atoms with Crippen LogP contribution in [0.3, 0.4) is 0 Å². The minimum Gasteiger partial charge on any atom is -0.492 e. The van der Waals surface area contributed by atoms with Crippen molar-refractivity contribution in [3.05, 3.63) is 53.0 Å². The molecule has 5 nitrogen and oxygen atoms in total. The molecule has 112 valence electrons. The average Bonchev–Trinajstić information content (AvgIpc) is 2.45. The van der Waals surface area contributed by atoms with Crippen molar-refractivity contribution in [2.24, 2.45) is 5.73 Å². The SMILES string of the molecule is NCCOc1cccc(NS(=O)(=O)c2ccc(Br)cc2)c1. The van der Waals surface area contributed by atoms with Crippen LogP contribution in [0.4, 0.5) is 5.69 Å². The molecule has 0 bridgehead atoms. The third-order valence-electron chi connectivity index (χ3n) is 2.60. The van der Waals surface area contributed by atoms with Gasteiger partial charge in [-0.05, 0) is 36.4 Å². The van der Waals surface area contributed by atoms with E-state index in [9.17, 15) is 8.42 Å². The molecule has 0 unspecified atom stereocenters. The van der Waals surface area contributed by atoms with Gasteiger partial charge in [0.15, 0.2) is 0 Å². The molecular formula is C14H15BrN2O3S. The maximum Gasteiger partial charge on any atom is 0.261 e. The molecule has 0 amide bonds. The fraction of sp³-hybridized carbons (Fsp3) is 0.143. The monoisotopic (exact) mass is 370 g/mol. The highest BCUT2D eigenvalue weighted by atomic mass is 79.9. The lowest BCUT2D eigenvalue weighted by Gasteiger charge is -2.10. The maximum absolute atomic E-state index is 12.3. The van der Waals surface area contributed by atoms with E-state index in [1.807, 2.05) is 0 Å². The van der Waals surface area contributed by atoms with Crippen molar-refractivity contribution >= 4 is 31.6 Å². The highest BCUT2D eigenvalue weighted by Crippen LogP contribution is 2.21. The van der Waals surface area contributed by atoms with E-state index >= 15 is 0 Å². The number of hydrogen-bond acceptors (Lipinski definition) is 4. The quantitative estimate of drug-likeness (QED) is 0.818. The molecular weight excluding hydrogens is 356 g/mol. The lowest BCUT2D eigenvalue weighted by atomic mass is 10.3. The zero-order chi connectivity index (χ0) is 15.3. The molecule has 2 rings (SSSR count). The number of benzene rings is 2. The Labute approximate surface area is 132 Å². The molecule has 21 heavy (non-hydrogen) atoms. The summed E-state index contributed by atoms with van der Waals surface area (Å²) in [5.41, 5.74) is 5.80. The number of nitrogens with one attached hydrogen (secondary N) is 1. The molecule has 0 saturated heterocycles. The Hall–Kier alpha value is -1.57. The minimum absolute atomic E-state index is 0.193. The molecule has 0 spiro atoms. The molecule has 0 aliphatic heterocycles. The number of sulfonamides is 1. The zero-order valence-corrected chi connectivity index (χ0v) is 13.5. The Morgan fingerprint density at radius 1 is 1.14 bits per heavy atom. The number of ether oxygens (including phenoxy) is 1. The van der Waals surface area contributed by atoms with Crippen molar-refractivity contribution in [3.63, 3.8) is 0 Å². The van der Waals surface area contributed by atoms with Gasteiger partial charge in [-0.25, -0.2) is 8.42 Å². The zero-order valence-electron chi connectivity index (χ0n) is 11.1. The third kappa shape index (κ3) is 4.45. The summed E-state index contributed by atoms with van der Waals surface area (Å²) < 4.78 is 33.2. The van der Waals surface area contributed by atoms with Gasteiger partial charge in [-0.15, -0.1) is 0 Å². The minimum atomic E-state index is -3.62. The van der Waals surface area contributed by atoms with Crippen LogP contribution in [-0.4, -0.2) is 21.6 Å². The average molecular weight is 371 g/mol. The van der Waals surface area contributed by atoms with E-state index < -0.39 is 10.0 Å². The molecule has 0 aromatic heterocycles. The first kappa shape index (κ1) is 15.8. The van der Waals surface area contributed by atoms with Crippen molar-refractivity contribution in [1.82, 2.24) is 0 Å². The number of nitrogens with two attached hydrogens (primary N) is 1. The second-order valence-electron chi connectivity index (χ2n) is 4.22. The molecule has 0 atom stereocenters. The Bertz CT molecular complexity index is 702. The highest BCUT2D eigenvalue weighted by Gasteiger charge is 2.14. The number of hydrogen-bond donors (Lipinski definition) is 2. The second kappa shape index (κ2) is 6.93. The van der Waals surface area contributed by atoms with Crippen LogP contribution in [0.25, 0.3) is 0 Å². The predicted octanol–water partition coefficient (Wildman–Crippen LogP) is 2.59. The van der Waals surface area contributed by atoms with Crippen LogP contribution >= 0.6 is 15.9 Å². The molecule has 0 fully saturated rings. The van der Waals surface area contributed by atoms with Crippen LogP contribution in [0, 0.1) is 0 Å². The fourth-order valence-electron chi connectivity index (χ4n) is 1.65. The molecule has 3 N–H and O–H groups in total. The van der Waals surface area contributed by atoms with E-state index in [1.54, 1.807) is 36.4 Å².